The summed E-state index contributed by atoms with van der Waals surface area (Å²) in [5.41, 5.74) is 1.95. The molecule has 0 aliphatic heterocycles. The number of aryl methyl sites for hydroxylation is 1. The van der Waals surface area contributed by atoms with E-state index in [1.807, 2.05) is 37.4 Å². The van der Waals surface area contributed by atoms with E-state index in [0.29, 0.717) is 18.0 Å². The Kier molecular flexibility index (Phi) is 6.43. The number of carbonyl (C=O) groups excluding carboxylic acids is 1. The molecule has 0 saturated carbocycles. The second-order valence-corrected chi connectivity index (χ2v) is 6.41. The molecule has 1 heterocycles. The highest BCUT2D eigenvalue weighted by Crippen LogP contribution is 2.29. The molecular formula is C17H23N3O3S. The summed E-state index contributed by atoms with van der Waals surface area (Å²) in [7, 11) is 3.18. The Balaban J connectivity index is 1.84. The van der Waals surface area contributed by atoms with Gasteiger partial charge in [-0.05, 0) is 31.5 Å². The molecule has 2 aromatic rings. The maximum Gasteiger partial charge on any atom is 0.315 e. The van der Waals surface area contributed by atoms with E-state index in [1.165, 1.54) is 0 Å². The fourth-order valence-corrected chi connectivity index (χ4v) is 2.93. The minimum absolute atomic E-state index is 0.147. The van der Waals surface area contributed by atoms with Crippen LogP contribution in [0.4, 0.5) is 4.79 Å². The summed E-state index contributed by atoms with van der Waals surface area (Å²) in [5, 5.41) is 8.82. The number of carbonyl (C=O) groups is 1. The summed E-state index contributed by atoms with van der Waals surface area (Å²) < 4.78 is 10.5. The van der Waals surface area contributed by atoms with E-state index in [9.17, 15) is 4.79 Å². The number of amides is 2. The molecule has 2 amide bonds. The first-order valence-corrected chi connectivity index (χ1v) is 8.58. The molecule has 0 radical (unpaired) electrons. The molecule has 0 saturated heterocycles. The summed E-state index contributed by atoms with van der Waals surface area (Å²) in [6.07, 6.45) is 0.725. The molecule has 24 heavy (non-hydrogen) atoms. The lowest BCUT2D eigenvalue weighted by Gasteiger charge is -2.17. The smallest absolute Gasteiger partial charge is 0.315 e. The number of urea groups is 1. The summed E-state index contributed by atoms with van der Waals surface area (Å²) in [6.45, 7) is 4.44. The van der Waals surface area contributed by atoms with E-state index in [1.54, 1.807) is 25.6 Å². The molecule has 0 bridgehead atoms. The highest BCUT2D eigenvalue weighted by Gasteiger charge is 2.12. The van der Waals surface area contributed by atoms with Crippen molar-refractivity contribution < 1.29 is 14.3 Å². The highest BCUT2D eigenvalue weighted by atomic mass is 32.1. The summed E-state index contributed by atoms with van der Waals surface area (Å²) >= 11 is 1.62. The fraction of sp³-hybridized carbons (Fsp3) is 0.412. The van der Waals surface area contributed by atoms with Crippen molar-refractivity contribution in [3.63, 3.8) is 0 Å². The van der Waals surface area contributed by atoms with Gasteiger partial charge in [-0.1, -0.05) is 6.07 Å². The number of thiazole rings is 1. The van der Waals surface area contributed by atoms with Gasteiger partial charge >= 0.3 is 6.03 Å². The predicted molar refractivity (Wildman–Crippen MR) is 95.1 cm³/mol. The monoisotopic (exact) mass is 349 g/mol. The van der Waals surface area contributed by atoms with Crippen LogP contribution in [-0.4, -0.2) is 31.8 Å². The first-order chi connectivity index (χ1) is 11.5. The van der Waals surface area contributed by atoms with Gasteiger partial charge in [0.15, 0.2) is 11.5 Å². The zero-order chi connectivity index (χ0) is 17.5. The van der Waals surface area contributed by atoms with Crippen LogP contribution in [0.1, 0.15) is 29.2 Å². The third kappa shape index (κ3) is 4.86. The van der Waals surface area contributed by atoms with Gasteiger partial charge in [0.25, 0.3) is 0 Å². The van der Waals surface area contributed by atoms with Crippen LogP contribution in [0, 0.1) is 6.92 Å². The van der Waals surface area contributed by atoms with Crippen molar-refractivity contribution in [3.05, 3.63) is 39.8 Å². The Labute approximate surface area is 146 Å². The second kappa shape index (κ2) is 8.54. The molecule has 1 aromatic carbocycles. The van der Waals surface area contributed by atoms with Crippen LogP contribution in [0.15, 0.2) is 23.6 Å². The van der Waals surface area contributed by atoms with Crippen molar-refractivity contribution in [3.8, 4) is 11.5 Å². The Hall–Kier alpha value is -2.28. The van der Waals surface area contributed by atoms with Gasteiger partial charge < -0.3 is 20.1 Å². The van der Waals surface area contributed by atoms with Crippen LogP contribution in [0.5, 0.6) is 11.5 Å². The van der Waals surface area contributed by atoms with Crippen LogP contribution in [-0.2, 0) is 6.42 Å². The number of rotatable bonds is 7. The summed E-state index contributed by atoms with van der Waals surface area (Å²) in [6, 6.07) is 5.25. The molecule has 0 aliphatic carbocycles. The highest BCUT2D eigenvalue weighted by molar-refractivity contribution is 7.09. The van der Waals surface area contributed by atoms with Crippen molar-refractivity contribution in [2.24, 2.45) is 0 Å². The molecule has 0 spiro atoms. The standard InChI is InChI=1S/C17H23N3O3S/c1-11(13-5-6-15(22-3)16(9-13)23-4)19-17(21)18-8-7-14-10-24-12(2)20-14/h5-6,9-11H,7-8H2,1-4H3,(H2,18,19,21)/t11-/m0/s1. The van der Waals surface area contributed by atoms with Crippen molar-refractivity contribution in [2.75, 3.05) is 20.8 Å². The Morgan fingerprint density at radius 1 is 1.29 bits per heavy atom. The van der Waals surface area contributed by atoms with E-state index < -0.39 is 0 Å². The van der Waals surface area contributed by atoms with Gasteiger partial charge in [-0.15, -0.1) is 11.3 Å². The van der Waals surface area contributed by atoms with E-state index in [0.717, 1.165) is 22.7 Å². The quantitative estimate of drug-likeness (QED) is 0.806. The van der Waals surface area contributed by atoms with Gasteiger partial charge in [0.05, 0.1) is 31.0 Å². The molecule has 130 valence electrons. The van der Waals surface area contributed by atoms with E-state index in [-0.39, 0.29) is 12.1 Å². The molecule has 6 nitrogen and oxygen atoms in total. The van der Waals surface area contributed by atoms with Crippen molar-refractivity contribution >= 4 is 17.4 Å². The predicted octanol–water partition coefficient (Wildman–Crippen LogP) is 3.07. The third-order valence-corrected chi connectivity index (χ3v) is 4.41. The van der Waals surface area contributed by atoms with Crippen LogP contribution in [0.3, 0.4) is 0 Å². The lowest BCUT2D eigenvalue weighted by Crippen LogP contribution is -2.38. The minimum atomic E-state index is -0.204. The molecule has 2 N–H and O–H groups in total. The number of methoxy groups -OCH3 is 2. The molecule has 0 fully saturated rings. The van der Waals surface area contributed by atoms with Gasteiger partial charge in [0.2, 0.25) is 0 Å². The average Bonchev–Trinajstić information content (AvgIpc) is 2.99. The minimum Gasteiger partial charge on any atom is -0.493 e. The van der Waals surface area contributed by atoms with Gasteiger partial charge in [-0.25, -0.2) is 9.78 Å². The third-order valence-electron chi connectivity index (χ3n) is 3.59. The second-order valence-electron chi connectivity index (χ2n) is 5.34. The van der Waals surface area contributed by atoms with Crippen LogP contribution in [0.25, 0.3) is 0 Å². The molecule has 0 aliphatic rings. The Morgan fingerprint density at radius 2 is 2.04 bits per heavy atom. The normalized spacial score (nSPS) is 11.7. The van der Waals surface area contributed by atoms with Gasteiger partial charge in [0.1, 0.15) is 0 Å². The summed E-state index contributed by atoms with van der Waals surface area (Å²) in [4.78, 5) is 16.4. The lowest BCUT2D eigenvalue weighted by molar-refractivity contribution is 0.238. The maximum atomic E-state index is 12.0. The number of ether oxygens (including phenoxy) is 2. The van der Waals surface area contributed by atoms with Gasteiger partial charge in [-0.3, -0.25) is 0 Å². The topological polar surface area (TPSA) is 72.5 Å². The molecule has 7 heteroatoms. The van der Waals surface area contributed by atoms with Crippen molar-refractivity contribution in [1.82, 2.24) is 15.6 Å². The number of nitrogens with zero attached hydrogens (tertiary/aromatic N) is 1. The van der Waals surface area contributed by atoms with Gasteiger partial charge in [-0.2, -0.15) is 0 Å². The summed E-state index contributed by atoms with van der Waals surface area (Å²) in [5.74, 6) is 1.31. The number of nitrogens with one attached hydrogen (secondary N) is 2. The Morgan fingerprint density at radius 3 is 2.67 bits per heavy atom. The average molecular weight is 349 g/mol. The SMILES string of the molecule is COc1ccc([C@H](C)NC(=O)NCCc2csc(C)n2)cc1OC. The molecule has 1 aromatic heterocycles. The number of hydrogen-bond donors (Lipinski definition) is 2. The zero-order valence-corrected chi connectivity index (χ0v) is 15.2. The maximum absolute atomic E-state index is 12.0. The number of benzene rings is 1. The molecule has 1 atom stereocenters. The molecular weight excluding hydrogens is 326 g/mol. The Bertz CT molecular complexity index is 687. The van der Waals surface area contributed by atoms with E-state index in [2.05, 4.69) is 15.6 Å². The number of aromatic nitrogens is 1. The lowest BCUT2D eigenvalue weighted by atomic mass is 10.1. The van der Waals surface area contributed by atoms with Crippen molar-refractivity contribution in [2.45, 2.75) is 26.3 Å². The van der Waals surface area contributed by atoms with Crippen LogP contribution in [0.2, 0.25) is 0 Å². The van der Waals surface area contributed by atoms with Crippen LogP contribution < -0.4 is 20.1 Å². The van der Waals surface area contributed by atoms with E-state index >= 15 is 0 Å². The van der Waals surface area contributed by atoms with Crippen LogP contribution >= 0.6 is 11.3 Å². The fourth-order valence-electron chi connectivity index (χ4n) is 2.28. The first kappa shape index (κ1) is 18.1. The zero-order valence-electron chi connectivity index (χ0n) is 14.4. The number of hydrogen-bond acceptors (Lipinski definition) is 5. The molecule has 0 unspecified atom stereocenters. The largest absolute Gasteiger partial charge is 0.493 e. The molecule has 2 rings (SSSR count). The van der Waals surface area contributed by atoms with Gasteiger partial charge in [0, 0.05) is 18.3 Å². The first-order valence-electron chi connectivity index (χ1n) is 7.70. The van der Waals surface area contributed by atoms with Crippen molar-refractivity contribution in [1.29, 1.82) is 0 Å². The van der Waals surface area contributed by atoms with E-state index in [4.69, 9.17) is 9.47 Å².